The van der Waals surface area contributed by atoms with Gasteiger partial charge in [-0.05, 0) is 56.5 Å². The van der Waals surface area contributed by atoms with Gasteiger partial charge in [0.15, 0.2) is 6.10 Å². The van der Waals surface area contributed by atoms with Crippen molar-refractivity contribution in [2.45, 2.75) is 37.7 Å². The van der Waals surface area contributed by atoms with E-state index in [2.05, 4.69) is 26.6 Å². The van der Waals surface area contributed by atoms with Crippen LogP contribution in [-0.2, 0) is 19.6 Å². The van der Waals surface area contributed by atoms with Gasteiger partial charge >= 0.3 is 0 Å². The van der Waals surface area contributed by atoms with Gasteiger partial charge in [-0.15, -0.1) is 0 Å². The summed E-state index contributed by atoms with van der Waals surface area (Å²) in [5.74, 6) is -0.610. The molecule has 1 saturated heterocycles. The summed E-state index contributed by atoms with van der Waals surface area (Å²) in [6, 6.07) is 10.3. The summed E-state index contributed by atoms with van der Waals surface area (Å²) in [4.78, 5) is 24.8. The predicted molar refractivity (Wildman–Crippen MR) is 124 cm³/mol. The summed E-state index contributed by atoms with van der Waals surface area (Å²) >= 11 is 3.38. The first kappa shape index (κ1) is 22.8. The molecule has 2 aliphatic heterocycles. The zero-order valence-electron chi connectivity index (χ0n) is 17.7. The number of hydrogen-bond donors (Lipinski definition) is 2. The van der Waals surface area contributed by atoms with Crippen LogP contribution in [0.4, 0.5) is 11.4 Å². The van der Waals surface area contributed by atoms with Crippen molar-refractivity contribution in [3.63, 3.8) is 0 Å². The highest BCUT2D eigenvalue weighted by molar-refractivity contribution is 9.10. The summed E-state index contributed by atoms with van der Waals surface area (Å²) in [6.45, 7) is 3.73. The molecule has 170 valence electrons. The molecule has 8 nitrogen and oxygen atoms in total. The molecular formula is C22H24BrN3O5S. The number of ether oxygens (including phenoxy) is 1. The summed E-state index contributed by atoms with van der Waals surface area (Å²) in [7, 11) is -3.85. The second kappa shape index (κ2) is 8.84. The number of fused-ring (bicyclic) bond motifs is 1. The van der Waals surface area contributed by atoms with Crippen molar-refractivity contribution in [2.75, 3.05) is 23.7 Å². The van der Waals surface area contributed by atoms with Crippen LogP contribution in [0.2, 0.25) is 0 Å². The predicted octanol–water partition coefficient (Wildman–Crippen LogP) is 3.52. The smallest absolute Gasteiger partial charge is 0.265 e. The molecule has 10 heteroatoms. The van der Waals surface area contributed by atoms with Crippen LogP contribution >= 0.6 is 15.9 Å². The van der Waals surface area contributed by atoms with Crippen LogP contribution in [0.3, 0.4) is 0 Å². The van der Waals surface area contributed by atoms with Crippen molar-refractivity contribution in [3.8, 4) is 5.75 Å². The van der Waals surface area contributed by atoms with Gasteiger partial charge < -0.3 is 15.4 Å². The van der Waals surface area contributed by atoms with Crippen LogP contribution in [0.1, 0.15) is 25.3 Å². The molecule has 0 spiro atoms. The minimum atomic E-state index is -3.85. The highest BCUT2D eigenvalue weighted by atomic mass is 79.9. The molecule has 0 radical (unpaired) electrons. The van der Waals surface area contributed by atoms with E-state index < -0.39 is 22.0 Å². The lowest BCUT2D eigenvalue weighted by Crippen LogP contribution is -2.44. The summed E-state index contributed by atoms with van der Waals surface area (Å²) < 4.78 is 34.7. The fraction of sp³-hybridized carbons (Fsp3) is 0.364. The van der Waals surface area contributed by atoms with Gasteiger partial charge in [0, 0.05) is 29.3 Å². The number of nitrogens with zero attached hydrogens (tertiary/aromatic N) is 1. The quantitative estimate of drug-likeness (QED) is 0.640. The van der Waals surface area contributed by atoms with Gasteiger partial charge in [-0.2, -0.15) is 4.31 Å². The molecule has 4 rings (SSSR count). The number of amides is 2. The van der Waals surface area contributed by atoms with Crippen molar-refractivity contribution < 1.29 is 22.7 Å². The normalized spacial score (nSPS) is 21.3. The lowest BCUT2D eigenvalue weighted by Gasteiger charge is -2.32. The van der Waals surface area contributed by atoms with Gasteiger partial charge in [-0.3, -0.25) is 9.59 Å². The minimum Gasteiger partial charge on any atom is -0.479 e. The molecule has 0 bridgehead atoms. The number of piperidine rings is 1. The Bertz CT molecular complexity index is 1180. The first-order valence-electron chi connectivity index (χ1n) is 10.3. The zero-order valence-corrected chi connectivity index (χ0v) is 20.1. The molecule has 2 atom stereocenters. The maximum Gasteiger partial charge on any atom is 0.265 e. The molecule has 2 aromatic carbocycles. The van der Waals surface area contributed by atoms with Crippen molar-refractivity contribution in [2.24, 2.45) is 5.92 Å². The number of sulfonamides is 1. The minimum absolute atomic E-state index is 0.104. The van der Waals surface area contributed by atoms with E-state index in [-0.39, 0.29) is 23.3 Å². The van der Waals surface area contributed by atoms with E-state index in [1.54, 1.807) is 32.0 Å². The van der Waals surface area contributed by atoms with E-state index in [1.807, 2.05) is 12.1 Å². The Balaban J connectivity index is 1.54. The van der Waals surface area contributed by atoms with Gasteiger partial charge in [0.05, 0.1) is 16.5 Å². The highest BCUT2D eigenvalue weighted by Gasteiger charge is 2.35. The fourth-order valence-electron chi connectivity index (χ4n) is 3.95. The third-order valence-electron chi connectivity index (χ3n) is 5.67. The molecule has 0 aliphatic carbocycles. The van der Waals surface area contributed by atoms with Crippen LogP contribution < -0.4 is 15.4 Å². The van der Waals surface area contributed by atoms with E-state index in [4.69, 9.17) is 4.74 Å². The molecule has 2 aliphatic rings. The van der Waals surface area contributed by atoms with E-state index in [0.29, 0.717) is 42.1 Å². The summed E-state index contributed by atoms with van der Waals surface area (Å²) in [5, 5.41) is 5.60. The van der Waals surface area contributed by atoms with Crippen molar-refractivity contribution in [1.82, 2.24) is 4.31 Å². The molecule has 0 unspecified atom stereocenters. The number of nitrogens with one attached hydrogen (secondary N) is 2. The molecule has 2 aromatic rings. The van der Waals surface area contributed by atoms with E-state index in [9.17, 15) is 18.0 Å². The molecule has 2 N–H and O–H groups in total. The molecule has 0 saturated carbocycles. The van der Waals surface area contributed by atoms with Crippen molar-refractivity contribution in [1.29, 1.82) is 0 Å². The fourth-order valence-corrected chi connectivity index (χ4v) is 6.09. The van der Waals surface area contributed by atoms with Gasteiger partial charge in [-0.25, -0.2) is 8.42 Å². The maximum atomic E-state index is 13.5. The average Bonchev–Trinajstić information content (AvgIpc) is 2.74. The topological polar surface area (TPSA) is 105 Å². The summed E-state index contributed by atoms with van der Waals surface area (Å²) in [6.07, 6.45) is 0.493. The molecule has 0 aromatic heterocycles. The van der Waals surface area contributed by atoms with E-state index in [0.717, 1.165) is 4.47 Å². The first-order chi connectivity index (χ1) is 15.1. The Hall–Kier alpha value is -2.43. The van der Waals surface area contributed by atoms with Gasteiger partial charge in [-0.1, -0.05) is 22.0 Å². The van der Waals surface area contributed by atoms with Crippen LogP contribution in [0.5, 0.6) is 5.75 Å². The van der Waals surface area contributed by atoms with Gasteiger partial charge in [0.2, 0.25) is 15.9 Å². The van der Waals surface area contributed by atoms with Crippen LogP contribution in [0.15, 0.2) is 45.8 Å². The number of hydrogen-bond acceptors (Lipinski definition) is 5. The molecule has 2 amide bonds. The first-order valence-corrected chi connectivity index (χ1v) is 12.6. The molecular weight excluding hydrogens is 498 g/mol. The second-order valence-electron chi connectivity index (χ2n) is 8.06. The standard InChI is InChI=1S/C22H24BrN3O5S/c1-13-9-18-19(31-14(2)21(27)25-18)11-20(13)32(29,30)26-8-4-5-15(12-26)22(28)24-17-7-3-6-16(23)10-17/h3,6-7,9-11,14-15H,4-5,8,12H2,1-2H3,(H,24,28)(H,25,27)/t14-,15-/m0/s1. The lowest BCUT2D eigenvalue weighted by atomic mass is 9.99. The summed E-state index contributed by atoms with van der Waals surface area (Å²) in [5.41, 5.74) is 1.61. The SMILES string of the molecule is Cc1cc2c(cc1S(=O)(=O)N1CCC[C@H](C(=O)Nc3cccc(Br)c3)C1)O[C@@H](C)C(=O)N2. The Morgan fingerprint density at radius 3 is 2.81 bits per heavy atom. The average molecular weight is 522 g/mol. The number of carbonyl (C=O) groups excluding carboxylic acids is 2. The van der Waals surface area contributed by atoms with E-state index >= 15 is 0 Å². The number of anilines is 2. The molecule has 32 heavy (non-hydrogen) atoms. The van der Waals surface area contributed by atoms with Crippen molar-refractivity contribution >= 4 is 49.1 Å². The van der Waals surface area contributed by atoms with E-state index in [1.165, 1.54) is 10.4 Å². The monoisotopic (exact) mass is 521 g/mol. The Labute approximate surface area is 195 Å². The number of halogens is 1. The van der Waals surface area contributed by atoms with Crippen LogP contribution in [-0.4, -0.2) is 43.7 Å². The Kier molecular flexibility index (Phi) is 6.28. The number of benzene rings is 2. The van der Waals surface area contributed by atoms with Crippen molar-refractivity contribution in [3.05, 3.63) is 46.4 Å². The third-order valence-corrected chi connectivity index (χ3v) is 8.17. The second-order valence-corrected chi connectivity index (χ2v) is 10.9. The molecule has 1 fully saturated rings. The Morgan fingerprint density at radius 1 is 1.28 bits per heavy atom. The number of aryl methyl sites for hydroxylation is 1. The lowest BCUT2D eigenvalue weighted by molar-refractivity contribution is -0.123. The largest absolute Gasteiger partial charge is 0.479 e. The van der Waals surface area contributed by atoms with Gasteiger partial charge in [0.1, 0.15) is 5.75 Å². The van der Waals surface area contributed by atoms with Crippen LogP contribution in [0, 0.1) is 12.8 Å². The maximum absolute atomic E-state index is 13.5. The van der Waals surface area contributed by atoms with Crippen LogP contribution in [0.25, 0.3) is 0 Å². The zero-order chi connectivity index (χ0) is 23.0. The molecule has 2 heterocycles. The third kappa shape index (κ3) is 4.53. The highest BCUT2D eigenvalue weighted by Crippen LogP contribution is 2.36. The number of rotatable bonds is 4. The van der Waals surface area contributed by atoms with Gasteiger partial charge in [0.25, 0.3) is 5.91 Å². The number of carbonyl (C=O) groups is 2. The Morgan fingerprint density at radius 2 is 2.06 bits per heavy atom.